The molecule has 28 heavy (non-hydrogen) atoms. The highest BCUT2D eigenvalue weighted by atomic mass is 35.5. The van der Waals surface area contributed by atoms with E-state index in [1.165, 1.54) is 18.2 Å². The van der Waals surface area contributed by atoms with Gasteiger partial charge in [-0.1, -0.05) is 23.7 Å². The normalized spacial score (nSPS) is 11.3. The monoisotopic (exact) mass is 409 g/mol. The van der Waals surface area contributed by atoms with Crippen molar-refractivity contribution in [2.75, 3.05) is 23.8 Å². The maximum atomic E-state index is 13.3. The molecule has 0 spiro atoms. The van der Waals surface area contributed by atoms with Crippen LogP contribution in [0.2, 0.25) is 5.02 Å². The van der Waals surface area contributed by atoms with Gasteiger partial charge in [-0.05, 0) is 24.3 Å². The zero-order chi connectivity index (χ0) is 20.1. The molecule has 0 atom stereocenters. The Kier molecular flexibility index (Phi) is 5.96. The molecule has 3 N–H and O–H groups in total. The second-order valence-corrected chi connectivity index (χ2v) is 6.02. The van der Waals surface area contributed by atoms with Crippen LogP contribution in [0, 0.1) is 0 Å². The summed E-state index contributed by atoms with van der Waals surface area (Å²) in [7, 11) is 0. The van der Waals surface area contributed by atoms with E-state index in [0.29, 0.717) is 11.4 Å². The summed E-state index contributed by atoms with van der Waals surface area (Å²) >= 11 is 6.00. The summed E-state index contributed by atoms with van der Waals surface area (Å²) in [5.41, 5.74) is -0.326. The van der Waals surface area contributed by atoms with E-state index >= 15 is 0 Å². The summed E-state index contributed by atoms with van der Waals surface area (Å²) in [4.78, 5) is 12.6. The average molecular weight is 410 g/mol. The molecule has 0 aliphatic heterocycles. The van der Waals surface area contributed by atoms with Gasteiger partial charge in [0.05, 0.1) is 34.3 Å². The van der Waals surface area contributed by atoms with Crippen LogP contribution >= 0.6 is 11.6 Å². The Bertz CT molecular complexity index is 954. The number of alkyl halides is 3. The summed E-state index contributed by atoms with van der Waals surface area (Å²) in [5, 5.41) is 14.3. The van der Waals surface area contributed by atoms with Crippen LogP contribution < -0.4 is 10.6 Å². The number of halogens is 4. The van der Waals surface area contributed by atoms with E-state index in [1.54, 1.807) is 24.4 Å². The molecule has 0 fully saturated rings. The Hall–Kier alpha value is -2.91. The number of anilines is 3. The zero-order valence-corrected chi connectivity index (χ0v) is 15.1. The largest absolute Gasteiger partial charge is 0.418 e. The van der Waals surface area contributed by atoms with Crippen LogP contribution in [-0.2, 0) is 6.18 Å². The smallest absolute Gasteiger partial charge is 0.395 e. The molecule has 1 aromatic carbocycles. The van der Waals surface area contributed by atoms with Gasteiger partial charge in [0, 0.05) is 18.8 Å². The molecule has 0 saturated heterocycles. The molecule has 6 nitrogen and oxygen atoms in total. The van der Waals surface area contributed by atoms with Gasteiger partial charge >= 0.3 is 6.18 Å². The molecular formula is C18H15ClF3N5O. The molecule has 0 unspecified atom stereocenters. The molecule has 10 heteroatoms. The third-order valence-electron chi connectivity index (χ3n) is 3.62. The highest BCUT2D eigenvalue weighted by molar-refractivity contribution is 6.33. The minimum absolute atomic E-state index is 0.0923. The van der Waals surface area contributed by atoms with Gasteiger partial charge in [0.25, 0.3) is 0 Å². The molecule has 2 heterocycles. The Balaban J connectivity index is 2.05. The van der Waals surface area contributed by atoms with Crippen LogP contribution in [0.3, 0.4) is 0 Å². The third kappa shape index (κ3) is 4.68. The molecular weight excluding hydrogens is 395 g/mol. The lowest BCUT2D eigenvalue weighted by molar-refractivity contribution is -0.136. The number of nitrogens with zero attached hydrogens (tertiary/aromatic N) is 3. The van der Waals surface area contributed by atoms with Crippen LogP contribution in [0.4, 0.5) is 30.6 Å². The fourth-order valence-corrected chi connectivity index (χ4v) is 2.64. The van der Waals surface area contributed by atoms with Crippen molar-refractivity contribution in [1.82, 2.24) is 15.0 Å². The summed E-state index contributed by atoms with van der Waals surface area (Å²) < 4.78 is 40.0. The van der Waals surface area contributed by atoms with Gasteiger partial charge in [0.2, 0.25) is 5.95 Å². The molecule has 0 bridgehead atoms. The van der Waals surface area contributed by atoms with E-state index in [4.69, 9.17) is 16.7 Å². The van der Waals surface area contributed by atoms with Gasteiger partial charge < -0.3 is 15.7 Å². The second-order valence-electron chi connectivity index (χ2n) is 5.61. The number of para-hydroxylation sites is 1. The number of nitrogens with one attached hydrogen (secondary N) is 2. The van der Waals surface area contributed by atoms with Gasteiger partial charge in [-0.25, -0.2) is 4.98 Å². The van der Waals surface area contributed by atoms with Gasteiger partial charge in [-0.3, -0.25) is 4.98 Å². The van der Waals surface area contributed by atoms with Crippen molar-refractivity contribution in [2.45, 2.75) is 6.18 Å². The Morgan fingerprint density at radius 3 is 2.54 bits per heavy atom. The first-order chi connectivity index (χ1) is 13.4. The highest BCUT2D eigenvalue weighted by Gasteiger charge is 2.34. The topological polar surface area (TPSA) is 83.0 Å². The lowest BCUT2D eigenvalue weighted by atomic mass is 10.1. The fraction of sp³-hybridized carbons (Fsp3) is 0.167. The van der Waals surface area contributed by atoms with E-state index in [0.717, 1.165) is 6.07 Å². The number of hydrogen-bond acceptors (Lipinski definition) is 6. The van der Waals surface area contributed by atoms with Crippen molar-refractivity contribution in [3.8, 4) is 11.4 Å². The Morgan fingerprint density at radius 2 is 1.86 bits per heavy atom. The zero-order valence-electron chi connectivity index (χ0n) is 14.3. The SMILES string of the molecule is OCCNc1nc(Nc2c(Cl)cccc2C(F)(F)F)cc(-c2ccccn2)n1. The first-order valence-electron chi connectivity index (χ1n) is 8.16. The minimum atomic E-state index is -4.60. The summed E-state index contributed by atoms with van der Waals surface area (Å²) in [5.74, 6) is 0.218. The van der Waals surface area contributed by atoms with E-state index < -0.39 is 11.7 Å². The van der Waals surface area contributed by atoms with E-state index in [-0.39, 0.29) is 35.6 Å². The first kappa shape index (κ1) is 19.8. The number of pyridine rings is 1. The van der Waals surface area contributed by atoms with Crippen molar-refractivity contribution >= 4 is 29.1 Å². The van der Waals surface area contributed by atoms with Crippen LogP contribution in [0.25, 0.3) is 11.4 Å². The van der Waals surface area contributed by atoms with Crippen LogP contribution in [0.1, 0.15) is 5.56 Å². The Labute approximate surface area is 163 Å². The first-order valence-corrected chi connectivity index (χ1v) is 8.54. The lowest BCUT2D eigenvalue weighted by Gasteiger charge is -2.16. The standard InChI is InChI=1S/C18H15ClF3N5O/c19-12-5-3-4-11(18(20,21)22)16(12)26-15-10-14(13-6-1-2-7-23-13)25-17(27-15)24-8-9-28/h1-7,10,28H,8-9H2,(H2,24,25,26,27). The van der Waals surface area contributed by atoms with Crippen LogP contribution in [0.5, 0.6) is 0 Å². The molecule has 0 radical (unpaired) electrons. The molecule has 0 saturated carbocycles. The molecule has 0 aliphatic carbocycles. The lowest BCUT2D eigenvalue weighted by Crippen LogP contribution is -2.12. The maximum Gasteiger partial charge on any atom is 0.418 e. The van der Waals surface area contributed by atoms with Crippen molar-refractivity contribution in [2.24, 2.45) is 0 Å². The molecule has 0 amide bonds. The van der Waals surface area contributed by atoms with Gasteiger partial charge in [-0.15, -0.1) is 0 Å². The molecule has 2 aromatic heterocycles. The van der Waals surface area contributed by atoms with Crippen LogP contribution in [-0.4, -0.2) is 33.2 Å². The van der Waals surface area contributed by atoms with E-state index in [2.05, 4.69) is 25.6 Å². The molecule has 146 valence electrons. The predicted octanol–water partition coefficient (Wildman–Crippen LogP) is 4.36. The third-order valence-corrected chi connectivity index (χ3v) is 3.94. The highest BCUT2D eigenvalue weighted by Crippen LogP contribution is 2.39. The fourth-order valence-electron chi connectivity index (χ4n) is 2.42. The van der Waals surface area contributed by atoms with Gasteiger partial charge in [0.15, 0.2) is 0 Å². The summed E-state index contributed by atoms with van der Waals surface area (Å²) in [6.07, 6.45) is -3.02. The predicted molar refractivity (Wildman–Crippen MR) is 101 cm³/mol. The van der Waals surface area contributed by atoms with Crippen molar-refractivity contribution in [3.63, 3.8) is 0 Å². The second kappa shape index (κ2) is 8.41. The van der Waals surface area contributed by atoms with Gasteiger partial charge in [0.1, 0.15) is 5.82 Å². The van der Waals surface area contributed by atoms with E-state index in [1.807, 2.05) is 0 Å². The molecule has 3 aromatic rings. The van der Waals surface area contributed by atoms with Crippen molar-refractivity contribution < 1.29 is 18.3 Å². The molecule has 3 rings (SSSR count). The Morgan fingerprint density at radius 1 is 1.04 bits per heavy atom. The van der Waals surface area contributed by atoms with Crippen molar-refractivity contribution in [1.29, 1.82) is 0 Å². The van der Waals surface area contributed by atoms with Crippen LogP contribution in [0.15, 0.2) is 48.7 Å². The number of benzene rings is 1. The summed E-state index contributed by atoms with van der Waals surface area (Å²) in [6, 6.07) is 10.2. The maximum absolute atomic E-state index is 13.3. The minimum Gasteiger partial charge on any atom is -0.395 e. The average Bonchev–Trinajstić information content (AvgIpc) is 2.67. The quantitative estimate of drug-likeness (QED) is 0.561. The van der Waals surface area contributed by atoms with Crippen molar-refractivity contribution in [3.05, 3.63) is 59.2 Å². The molecule has 0 aliphatic rings. The summed E-state index contributed by atoms with van der Waals surface area (Å²) in [6.45, 7) is 0.00762. The van der Waals surface area contributed by atoms with Gasteiger partial charge in [-0.2, -0.15) is 18.2 Å². The number of aromatic nitrogens is 3. The number of aliphatic hydroxyl groups excluding tert-OH is 1. The number of aliphatic hydroxyl groups is 1. The number of rotatable bonds is 6. The number of hydrogen-bond donors (Lipinski definition) is 3. The van der Waals surface area contributed by atoms with E-state index in [9.17, 15) is 13.2 Å².